The van der Waals surface area contributed by atoms with Crippen LogP contribution in [0.4, 0.5) is 0 Å². The molecule has 1 rings (SSSR count). The van der Waals surface area contributed by atoms with Crippen molar-refractivity contribution in [2.45, 2.75) is 13.3 Å². The van der Waals surface area contributed by atoms with E-state index in [2.05, 4.69) is 0 Å². The Bertz CT molecular complexity index is 384. The van der Waals surface area contributed by atoms with Gasteiger partial charge in [0.2, 0.25) is 17.7 Å². The van der Waals surface area contributed by atoms with Crippen molar-refractivity contribution in [3.05, 3.63) is 0 Å². The van der Waals surface area contributed by atoms with Gasteiger partial charge in [-0.1, -0.05) is 0 Å². The molecule has 0 radical (unpaired) electrons. The van der Waals surface area contributed by atoms with E-state index in [0.717, 1.165) is 0 Å². The Hall–Kier alpha value is -1.63. The second-order valence-corrected chi connectivity index (χ2v) is 5.41. The van der Waals surface area contributed by atoms with Gasteiger partial charge in [-0.2, -0.15) is 0 Å². The van der Waals surface area contributed by atoms with E-state index in [1.165, 1.54) is 6.92 Å². The minimum Gasteiger partial charge on any atom is -0.370 e. The number of nitrogens with zero attached hydrogens (tertiary/aromatic N) is 3. The summed E-state index contributed by atoms with van der Waals surface area (Å²) in [7, 11) is 3.41. The number of primary amides is 1. The molecular weight excluding hydrogens is 260 g/mol. The highest BCUT2D eigenvalue weighted by Crippen LogP contribution is 2.12. The first-order chi connectivity index (χ1) is 9.31. The fourth-order valence-corrected chi connectivity index (χ4v) is 2.36. The van der Waals surface area contributed by atoms with Crippen LogP contribution in [0.25, 0.3) is 0 Å². The Kier molecular flexibility index (Phi) is 5.94. The molecule has 20 heavy (non-hydrogen) atoms. The maximum atomic E-state index is 12.2. The van der Waals surface area contributed by atoms with Crippen LogP contribution in [0, 0.1) is 5.92 Å². The molecule has 1 atom stereocenters. The van der Waals surface area contributed by atoms with Crippen molar-refractivity contribution in [1.82, 2.24) is 14.7 Å². The summed E-state index contributed by atoms with van der Waals surface area (Å²) in [5.74, 6) is -0.641. The molecule has 0 aromatic rings. The van der Waals surface area contributed by atoms with Crippen molar-refractivity contribution in [1.29, 1.82) is 0 Å². The molecular formula is C13H24N4O3. The van der Waals surface area contributed by atoms with Crippen molar-refractivity contribution in [3.63, 3.8) is 0 Å². The molecule has 1 fully saturated rings. The monoisotopic (exact) mass is 284 g/mol. The van der Waals surface area contributed by atoms with Crippen LogP contribution in [-0.4, -0.2) is 79.2 Å². The van der Waals surface area contributed by atoms with Crippen LogP contribution in [0.5, 0.6) is 0 Å². The average Bonchev–Trinajstić information content (AvgIpc) is 2.57. The lowest BCUT2D eigenvalue weighted by molar-refractivity contribution is -0.135. The average molecular weight is 284 g/mol. The van der Waals surface area contributed by atoms with Crippen molar-refractivity contribution in [3.8, 4) is 0 Å². The van der Waals surface area contributed by atoms with E-state index in [-0.39, 0.29) is 30.1 Å². The molecule has 1 aliphatic heterocycles. The molecule has 114 valence electrons. The van der Waals surface area contributed by atoms with Gasteiger partial charge in [0.25, 0.3) is 0 Å². The Labute approximate surface area is 119 Å². The minimum atomic E-state index is -0.354. The van der Waals surface area contributed by atoms with Gasteiger partial charge in [-0.3, -0.25) is 14.4 Å². The molecule has 2 N–H and O–H groups in total. The highest BCUT2D eigenvalue weighted by Gasteiger charge is 2.29. The van der Waals surface area contributed by atoms with E-state index in [1.807, 2.05) is 4.90 Å². The lowest BCUT2D eigenvalue weighted by Crippen LogP contribution is -2.41. The first kappa shape index (κ1) is 16.4. The summed E-state index contributed by atoms with van der Waals surface area (Å²) in [5.41, 5.74) is 5.16. The van der Waals surface area contributed by atoms with Crippen LogP contribution >= 0.6 is 0 Å². The van der Waals surface area contributed by atoms with Gasteiger partial charge in [-0.25, -0.2) is 0 Å². The number of amides is 3. The van der Waals surface area contributed by atoms with Crippen LogP contribution < -0.4 is 5.73 Å². The lowest BCUT2D eigenvalue weighted by atomic mass is 10.1. The first-order valence-electron chi connectivity index (χ1n) is 6.78. The highest BCUT2D eigenvalue weighted by molar-refractivity contribution is 5.80. The first-order valence-corrected chi connectivity index (χ1v) is 6.78. The zero-order valence-corrected chi connectivity index (χ0v) is 12.5. The van der Waals surface area contributed by atoms with E-state index in [9.17, 15) is 14.4 Å². The van der Waals surface area contributed by atoms with E-state index in [0.29, 0.717) is 32.7 Å². The third-order valence-corrected chi connectivity index (χ3v) is 3.52. The number of nitrogens with two attached hydrogens (primary N) is 1. The van der Waals surface area contributed by atoms with Gasteiger partial charge >= 0.3 is 0 Å². The van der Waals surface area contributed by atoms with Crippen molar-refractivity contribution in [2.24, 2.45) is 11.7 Å². The maximum absolute atomic E-state index is 12.2. The summed E-state index contributed by atoms with van der Waals surface area (Å²) in [5, 5.41) is 0. The second kappa shape index (κ2) is 7.23. The van der Waals surface area contributed by atoms with Gasteiger partial charge < -0.3 is 20.4 Å². The maximum Gasteiger partial charge on any atom is 0.228 e. The SMILES string of the molecule is CC(=O)N1CCN(CCC(N)=O)C[C@H](C(=O)N(C)C)C1. The number of hydrogen-bond donors (Lipinski definition) is 1. The summed E-state index contributed by atoms with van der Waals surface area (Å²) in [4.78, 5) is 39.9. The van der Waals surface area contributed by atoms with Gasteiger partial charge in [0.15, 0.2) is 0 Å². The van der Waals surface area contributed by atoms with Crippen molar-refractivity contribution < 1.29 is 14.4 Å². The van der Waals surface area contributed by atoms with E-state index < -0.39 is 0 Å². The van der Waals surface area contributed by atoms with Crippen LogP contribution in [0.3, 0.4) is 0 Å². The molecule has 7 heteroatoms. The quantitative estimate of drug-likeness (QED) is 0.697. The zero-order valence-electron chi connectivity index (χ0n) is 12.5. The smallest absolute Gasteiger partial charge is 0.228 e. The molecule has 7 nitrogen and oxygen atoms in total. The molecule has 1 saturated heterocycles. The third kappa shape index (κ3) is 4.80. The van der Waals surface area contributed by atoms with Gasteiger partial charge in [-0.05, 0) is 0 Å². The van der Waals surface area contributed by atoms with Gasteiger partial charge in [-0.15, -0.1) is 0 Å². The molecule has 1 heterocycles. The zero-order chi connectivity index (χ0) is 15.3. The van der Waals surface area contributed by atoms with Crippen LogP contribution in [0.1, 0.15) is 13.3 Å². The Morgan fingerprint density at radius 3 is 2.35 bits per heavy atom. The van der Waals surface area contributed by atoms with Crippen LogP contribution in [-0.2, 0) is 14.4 Å². The fraction of sp³-hybridized carbons (Fsp3) is 0.769. The predicted molar refractivity (Wildman–Crippen MR) is 74.7 cm³/mol. The Morgan fingerprint density at radius 2 is 1.85 bits per heavy atom. The number of carbonyl (C=O) groups excluding carboxylic acids is 3. The largest absolute Gasteiger partial charge is 0.370 e. The third-order valence-electron chi connectivity index (χ3n) is 3.52. The molecule has 0 aliphatic carbocycles. The number of carbonyl (C=O) groups is 3. The molecule has 1 aliphatic rings. The second-order valence-electron chi connectivity index (χ2n) is 5.41. The van der Waals surface area contributed by atoms with Crippen molar-refractivity contribution in [2.75, 3.05) is 46.8 Å². The van der Waals surface area contributed by atoms with E-state index >= 15 is 0 Å². The molecule has 3 amide bonds. The van der Waals surface area contributed by atoms with Gasteiger partial charge in [0, 0.05) is 60.2 Å². The van der Waals surface area contributed by atoms with Gasteiger partial charge in [0.05, 0.1) is 5.92 Å². The standard InChI is InChI=1S/C13H24N4O3/c1-10(18)17-7-6-16(5-4-12(14)19)8-11(9-17)13(20)15(2)3/h11H,4-9H2,1-3H3,(H2,14,19)/t11-/m0/s1. The predicted octanol–water partition coefficient (Wildman–Crippen LogP) is -1.27. The molecule has 0 bridgehead atoms. The molecule has 0 aromatic heterocycles. The summed E-state index contributed by atoms with van der Waals surface area (Å²) in [6.45, 7) is 4.25. The normalized spacial score (nSPS) is 20.4. The highest BCUT2D eigenvalue weighted by atomic mass is 16.2. The number of hydrogen-bond acceptors (Lipinski definition) is 4. The molecule has 0 unspecified atom stereocenters. The molecule has 0 saturated carbocycles. The van der Waals surface area contributed by atoms with E-state index in [1.54, 1.807) is 23.9 Å². The summed E-state index contributed by atoms with van der Waals surface area (Å²) >= 11 is 0. The lowest BCUT2D eigenvalue weighted by Gasteiger charge is -2.25. The summed E-state index contributed by atoms with van der Waals surface area (Å²) in [6.07, 6.45) is 0.267. The van der Waals surface area contributed by atoms with Crippen LogP contribution in [0.15, 0.2) is 0 Å². The molecule has 0 spiro atoms. The Balaban J connectivity index is 2.75. The minimum absolute atomic E-state index is 0.00206. The fourth-order valence-electron chi connectivity index (χ4n) is 2.36. The summed E-state index contributed by atoms with van der Waals surface area (Å²) in [6, 6.07) is 0. The van der Waals surface area contributed by atoms with Gasteiger partial charge in [0.1, 0.15) is 0 Å². The number of rotatable bonds is 4. The van der Waals surface area contributed by atoms with Crippen molar-refractivity contribution >= 4 is 17.7 Å². The molecule has 0 aromatic carbocycles. The van der Waals surface area contributed by atoms with Crippen LogP contribution in [0.2, 0.25) is 0 Å². The Morgan fingerprint density at radius 1 is 1.20 bits per heavy atom. The van der Waals surface area contributed by atoms with E-state index in [4.69, 9.17) is 5.73 Å². The summed E-state index contributed by atoms with van der Waals surface area (Å²) < 4.78 is 0. The topological polar surface area (TPSA) is 87.0 Å².